The van der Waals surface area contributed by atoms with E-state index in [4.69, 9.17) is 4.74 Å². The van der Waals surface area contributed by atoms with Crippen LogP contribution in [0.1, 0.15) is 28.4 Å². The van der Waals surface area contributed by atoms with Crippen LogP contribution in [0.4, 0.5) is 11.4 Å². The molecule has 0 fully saturated rings. The van der Waals surface area contributed by atoms with Gasteiger partial charge >= 0.3 is 5.97 Å². The third-order valence-corrected chi connectivity index (χ3v) is 3.62. The fourth-order valence-corrected chi connectivity index (χ4v) is 2.37. The number of carbonyl (C=O) groups excluding carboxylic acids is 2. The van der Waals surface area contributed by atoms with Crippen molar-refractivity contribution >= 4 is 23.6 Å². The summed E-state index contributed by atoms with van der Waals surface area (Å²) in [5.74, 6) is -0.461. The molecule has 0 heterocycles. The van der Waals surface area contributed by atoms with E-state index in [1.807, 2.05) is 12.1 Å². The van der Waals surface area contributed by atoms with Crippen molar-refractivity contribution in [3.05, 3.63) is 69.3 Å². The Morgan fingerprint density at radius 1 is 1.24 bits per heavy atom. The highest BCUT2D eigenvalue weighted by atomic mass is 16.6. The van der Waals surface area contributed by atoms with Crippen molar-refractivity contribution in [2.24, 2.45) is 0 Å². The number of nitro groups is 1. The molecule has 0 amide bonds. The van der Waals surface area contributed by atoms with E-state index in [2.05, 4.69) is 5.32 Å². The summed E-state index contributed by atoms with van der Waals surface area (Å²) in [4.78, 5) is 32.5. The fourth-order valence-electron chi connectivity index (χ4n) is 2.37. The van der Waals surface area contributed by atoms with E-state index < -0.39 is 10.9 Å². The van der Waals surface area contributed by atoms with Gasteiger partial charge in [-0.15, -0.1) is 0 Å². The smallest absolute Gasteiger partial charge is 0.302 e. The Bertz CT molecular complexity index is 789. The van der Waals surface area contributed by atoms with E-state index >= 15 is 0 Å². The summed E-state index contributed by atoms with van der Waals surface area (Å²) < 4.78 is 4.96. The van der Waals surface area contributed by atoms with E-state index in [-0.39, 0.29) is 12.3 Å². The number of ether oxygens (including phenoxy) is 1. The van der Waals surface area contributed by atoms with Crippen molar-refractivity contribution in [2.75, 3.05) is 11.9 Å². The second kappa shape index (κ2) is 8.58. The molecule has 130 valence electrons. The molecule has 0 unspecified atom stereocenters. The topological polar surface area (TPSA) is 98.5 Å². The van der Waals surface area contributed by atoms with Crippen LogP contribution in [0, 0.1) is 10.1 Å². The lowest BCUT2D eigenvalue weighted by Gasteiger charge is -2.12. The van der Waals surface area contributed by atoms with E-state index in [9.17, 15) is 19.7 Å². The summed E-state index contributed by atoms with van der Waals surface area (Å²) in [5, 5.41) is 14.1. The third-order valence-electron chi connectivity index (χ3n) is 3.62. The van der Waals surface area contributed by atoms with Crippen molar-refractivity contribution in [3.63, 3.8) is 0 Å². The van der Waals surface area contributed by atoms with Gasteiger partial charge in [-0.3, -0.25) is 19.7 Å². The van der Waals surface area contributed by atoms with Gasteiger partial charge in [-0.05, 0) is 18.1 Å². The largest absolute Gasteiger partial charge is 0.461 e. The molecule has 0 saturated carbocycles. The number of aldehydes is 1. The first-order chi connectivity index (χ1) is 12.0. The van der Waals surface area contributed by atoms with E-state index in [0.29, 0.717) is 29.8 Å². The highest BCUT2D eigenvalue weighted by molar-refractivity contribution is 5.77. The number of hydrogen-bond donors (Lipinski definition) is 1. The Kier molecular flexibility index (Phi) is 6.22. The van der Waals surface area contributed by atoms with Gasteiger partial charge in [-0.1, -0.05) is 24.3 Å². The van der Waals surface area contributed by atoms with Crippen molar-refractivity contribution in [3.8, 4) is 0 Å². The minimum atomic E-state index is -0.499. The van der Waals surface area contributed by atoms with Gasteiger partial charge in [0.25, 0.3) is 5.69 Å². The molecule has 0 aliphatic rings. The zero-order valence-electron chi connectivity index (χ0n) is 13.7. The predicted molar refractivity (Wildman–Crippen MR) is 92.6 cm³/mol. The number of carbonyl (C=O) groups is 2. The van der Waals surface area contributed by atoms with Crippen LogP contribution in [0.25, 0.3) is 0 Å². The summed E-state index contributed by atoms with van der Waals surface area (Å²) >= 11 is 0. The molecule has 25 heavy (non-hydrogen) atoms. The molecule has 0 bridgehead atoms. The Morgan fingerprint density at radius 3 is 2.68 bits per heavy atom. The van der Waals surface area contributed by atoms with Crippen LogP contribution in [0.15, 0.2) is 42.5 Å². The lowest BCUT2D eigenvalue weighted by molar-refractivity contribution is -0.384. The monoisotopic (exact) mass is 342 g/mol. The molecule has 0 spiro atoms. The molecule has 2 aromatic carbocycles. The third kappa shape index (κ3) is 5.13. The number of nitro benzene ring substituents is 1. The number of nitrogens with one attached hydrogen (secondary N) is 1. The van der Waals surface area contributed by atoms with Gasteiger partial charge in [-0.25, -0.2) is 0 Å². The van der Waals surface area contributed by atoms with Crippen LogP contribution in [0.2, 0.25) is 0 Å². The normalized spacial score (nSPS) is 10.1. The maximum absolute atomic E-state index is 11.0. The number of anilines is 1. The Balaban J connectivity index is 2.10. The van der Waals surface area contributed by atoms with Gasteiger partial charge in [0, 0.05) is 42.4 Å². The van der Waals surface area contributed by atoms with Crippen molar-refractivity contribution < 1.29 is 19.2 Å². The SMILES string of the molecule is CC(=O)OCc1cc([N+](=O)[O-])ccc1NCCc1ccccc1C=O. The number of rotatable bonds is 8. The number of esters is 1. The molecular formula is C18H18N2O5. The summed E-state index contributed by atoms with van der Waals surface area (Å²) in [6, 6.07) is 11.6. The van der Waals surface area contributed by atoms with Gasteiger partial charge in [0.1, 0.15) is 12.9 Å². The number of hydrogen-bond acceptors (Lipinski definition) is 6. The maximum atomic E-state index is 11.0. The molecule has 2 rings (SSSR count). The second-order valence-electron chi connectivity index (χ2n) is 5.37. The molecule has 0 aromatic heterocycles. The van der Waals surface area contributed by atoms with Crippen molar-refractivity contribution in [2.45, 2.75) is 20.0 Å². The van der Waals surface area contributed by atoms with E-state index in [0.717, 1.165) is 11.8 Å². The minimum absolute atomic E-state index is 0.0513. The second-order valence-corrected chi connectivity index (χ2v) is 5.37. The highest BCUT2D eigenvalue weighted by Gasteiger charge is 2.12. The summed E-state index contributed by atoms with van der Waals surface area (Å²) in [5.41, 5.74) is 2.64. The van der Waals surface area contributed by atoms with Gasteiger partial charge < -0.3 is 10.1 Å². The van der Waals surface area contributed by atoms with E-state index in [1.165, 1.54) is 19.1 Å². The van der Waals surface area contributed by atoms with Crippen LogP contribution >= 0.6 is 0 Å². The molecule has 2 aromatic rings. The fraction of sp³-hybridized carbons (Fsp3) is 0.222. The maximum Gasteiger partial charge on any atom is 0.302 e. The lowest BCUT2D eigenvalue weighted by Crippen LogP contribution is -2.10. The number of benzene rings is 2. The van der Waals surface area contributed by atoms with Crippen LogP contribution < -0.4 is 5.32 Å². The van der Waals surface area contributed by atoms with Crippen LogP contribution in [-0.2, 0) is 22.6 Å². The van der Waals surface area contributed by atoms with Crippen LogP contribution in [0.5, 0.6) is 0 Å². The molecule has 0 aliphatic heterocycles. The lowest BCUT2D eigenvalue weighted by atomic mass is 10.1. The van der Waals surface area contributed by atoms with Gasteiger partial charge in [0.15, 0.2) is 0 Å². The first kappa shape index (κ1) is 18.1. The molecule has 0 saturated heterocycles. The molecule has 7 heteroatoms. The molecule has 0 atom stereocenters. The zero-order chi connectivity index (χ0) is 18.2. The Labute approximate surface area is 144 Å². The van der Waals surface area contributed by atoms with Crippen molar-refractivity contribution in [1.29, 1.82) is 0 Å². The first-order valence-corrected chi connectivity index (χ1v) is 7.69. The number of nitrogens with zero attached hydrogens (tertiary/aromatic N) is 1. The van der Waals surface area contributed by atoms with Gasteiger partial charge in [0.2, 0.25) is 0 Å². The summed E-state index contributed by atoms with van der Waals surface area (Å²) in [6.45, 7) is 1.75. The zero-order valence-corrected chi connectivity index (χ0v) is 13.7. The molecule has 0 radical (unpaired) electrons. The molecule has 1 N–H and O–H groups in total. The first-order valence-electron chi connectivity index (χ1n) is 7.69. The predicted octanol–water partition coefficient (Wildman–Crippen LogP) is 3.13. The molecule has 0 aliphatic carbocycles. The average Bonchev–Trinajstić information content (AvgIpc) is 2.60. The minimum Gasteiger partial charge on any atom is -0.461 e. The number of non-ortho nitro benzene ring substituents is 1. The standard InChI is InChI=1S/C18H18N2O5/c1-13(22)25-12-16-10-17(20(23)24)6-7-18(16)19-9-8-14-4-2-3-5-15(14)11-21/h2-7,10-11,19H,8-9,12H2,1H3. The summed E-state index contributed by atoms with van der Waals surface area (Å²) in [7, 11) is 0. The molecule has 7 nitrogen and oxygen atoms in total. The summed E-state index contributed by atoms with van der Waals surface area (Å²) in [6.07, 6.45) is 1.42. The Morgan fingerprint density at radius 2 is 2.00 bits per heavy atom. The highest BCUT2D eigenvalue weighted by Crippen LogP contribution is 2.23. The average molecular weight is 342 g/mol. The van der Waals surface area contributed by atoms with Gasteiger partial charge in [0.05, 0.1) is 4.92 Å². The van der Waals surface area contributed by atoms with Crippen molar-refractivity contribution in [1.82, 2.24) is 0 Å². The van der Waals surface area contributed by atoms with Crippen LogP contribution in [0.3, 0.4) is 0 Å². The molecular weight excluding hydrogens is 324 g/mol. The van der Waals surface area contributed by atoms with Crippen LogP contribution in [-0.4, -0.2) is 23.7 Å². The van der Waals surface area contributed by atoms with Gasteiger partial charge in [-0.2, -0.15) is 0 Å². The van der Waals surface area contributed by atoms with E-state index in [1.54, 1.807) is 18.2 Å². The quantitative estimate of drug-likeness (QED) is 0.342. The Hall–Kier alpha value is -3.22.